The summed E-state index contributed by atoms with van der Waals surface area (Å²) < 4.78 is 4.98. The lowest BCUT2D eigenvalue weighted by atomic mass is 9.95. The molecule has 3 heteroatoms. The van der Waals surface area contributed by atoms with Crippen molar-refractivity contribution in [3.8, 4) is 11.1 Å². The topological polar surface area (TPSA) is 52.3 Å². The third kappa shape index (κ3) is 3.47. The Kier molecular flexibility index (Phi) is 4.92. The predicted octanol–water partition coefficient (Wildman–Crippen LogP) is 3.94. The fraction of sp³-hybridized carbons (Fsp3) is 0.190. The van der Waals surface area contributed by atoms with Crippen LogP contribution in [-0.4, -0.2) is 18.6 Å². The Morgan fingerprint density at radius 2 is 1.79 bits per heavy atom. The molecule has 0 saturated heterocycles. The molecule has 2 N–H and O–H groups in total. The predicted molar refractivity (Wildman–Crippen MR) is 97.7 cm³/mol. The van der Waals surface area contributed by atoms with E-state index >= 15 is 0 Å². The fourth-order valence-corrected chi connectivity index (χ4v) is 2.93. The molecule has 0 amide bonds. The third-order valence-electron chi connectivity index (χ3n) is 4.07. The van der Waals surface area contributed by atoms with E-state index in [1.807, 2.05) is 24.3 Å². The molecule has 0 aromatic heterocycles. The number of nitrogens with two attached hydrogens (primary N) is 1. The van der Waals surface area contributed by atoms with E-state index in [9.17, 15) is 4.79 Å². The Bertz CT molecular complexity index is 852. The van der Waals surface area contributed by atoms with Crippen LogP contribution in [0.4, 0.5) is 0 Å². The lowest BCUT2D eigenvalue weighted by Crippen LogP contribution is -2.34. The van der Waals surface area contributed by atoms with Crippen molar-refractivity contribution in [1.82, 2.24) is 0 Å². The molecular formula is C21H21NO2. The molecular weight excluding hydrogens is 298 g/mol. The highest BCUT2D eigenvalue weighted by atomic mass is 16.5. The van der Waals surface area contributed by atoms with Gasteiger partial charge in [-0.15, -0.1) is 0 Å². The fourth-order valence-electron chi connectivity index (χ4n) is 2.93. The Labute approximate surface area is 142 Å². The lowest BCUT2D eigenvalue weighted by molar-refractivity contribution is -0.144. The number of fused-ring (bicyclic) bond motifs is 1. The van der Waals surface area contributed by atoms with E-state index in [4.69, 9.17) is 10.5 Å². The molecule has 0 radical (unpaired) electrons. The summed E-state index contributed by atoms with van der Waals surface area (Å²) in [5, 5.41) is 2.43. The molecule has 0 heterocycles. The van der Waals surface area contributed by atoms with Gasteiger partial charge in [0, 0.05) is 0 Å². The van der Waals surface area contributed by atoms with Gasteiger partial charge in [-0.2, -0.15) is 0 Å². The van der Waals surface area contributed by atoms with E-state index in [1.54, 1.807) is 6.92 Å². The van der Waals surface area contributed by atoms with E-state index < -0.39 is 6.04 Å². The molecule has 0 aliphatic carbocycles. The number of rotatable bonds is 5. The molecule has 122 valence electrons. The first-order chi connectivity index (χ1) is 11.7. The van der Waals surface area contributed by atoms with E-state index in [2.05, 4.69) is 42.5 Å². The maximum Gasteiger partial charge on any atom is 0.323 e. The number of esters is 1. The van der Waals surface area contributed by atoms with Crippen LogP contribution >= 0.6 is 0 Å². The summed E-state index contributed by atoms with van der Waals surface area (Å²) in [5.41, 5.74) is 9.27. The second kappa shape index (κ2) is 7.28. The molecule has 3 rings (SSSR count). The summed E-state index contributed by atoms with van der Waals surface area (Å²) in [6.07, 6.45) is 0.470. The van der Waals surface area contributed by atoms with E-state index in [0.717, 1.165) is 11.1 Å². The molecule has 3 aromatic rings. The number of carbonyl (C=O) groups excluding carboxylic acids is 1. The zero-order valence-electron chi connectivity index (χ0n) is 13.7. The van der Waals surface area contributed by atoms with E-state index in [-0.39, 0.29) is 5.97 Å². The number of carbonyl (C=O) groups is 1. The molecule has 1 unspecified atom stereocenters. The summed E-state index contributed by atoms with van der Waals surface area (Å²) in [7, 11) is 0. The zero-order valence-corrected chi connectivity index (χ0v) is 13.7. The minimum Gasteiger partial charge on any atom is -0.465 e. The van der Waals surface area contributed by atoms with Gasteiger partial charge >= 0.3 is 5.97 Å². The molecule has 0 spiro atoms. The van der Waals surface area contributed by atoms with Crippen molar-refractivity contribution >= 4 is 16.7 Å². The van der Waals surface area contributed by atoms with Crippen LogP contribution in [0.2, 0.25) is 0 Å². The van der Waals surface area contributed by atoms with Gasteiger partial charge in [0.05, 0.1) is 6.61 Å². The van der Waals surface area contributed by atoms with E-state index in [1.165, 1.54) is 16.3 Å². The highest BCUT2D eigenvalue weighted by molar-refractivity contribution is 5.96. The zero-order chi connectivity index (χ0) is 16.9. The monoisotopic (exact) mass is 319 g/mol. The van der Waals surface area contributed by atoms with Crippen molar-refractivity contribution in [3.05, 3.63) is 72.3 Å². The van der Waals surface area contributed by atoms with Crippen molar-refractivity contribution in [2.24, 2.45) is 5.73 Å². The molecule has 0 aliphatic heterocycles. The second-order valence-corrected chi connectivity index (χ2v) is 5.79. The van der Waals surface area contributed by atoms with Crippen LogP contribution in [0.15, 0.2) is 66.7 Å². The quantitative estimate of drug-likeness (QED) is 0.725. The third-order valence-corrected chi connectivity index (χ3v) is 4.07. The number of benzene rings is 3. The van der Waals surface area contributed by atoms with Crippen molar-refractivity contribution in [2.45, 2.75) is 19.4 Å². The summed E-state index contributed by atoms with van der Waals surface area (Å²) in [5.74, 6) is -0.354. The molecule has 0 bridgehead atoms. The van der Waals surface area contributed by atoms with Crippen LogP contribution in [0.1, 0.15) is 12.5 Å². The van der Waals surface area contributed by atoms with Gasteiger partial charge in [-0.25, -0.2) is 0 Å². The van der Waals surface area contributed by atoms with Gasteiger partial charge in [0.15, 0.2) is 0 Å². The summed E-state index contributed by atoms with van der Waals surface area (Å²) in [4.78, 5) is 11.7. The normalized spacial score (nSPS) is 12.1. The van der Waals surface area contributed by atoms with Gasteiger partial charge in [-0.1, -0.05) is 66.7 Å². The van der Waals surface area contributed by atoms with Crippen LogP contribution in [0.3, 0.4) is 0 Å². The van der Waals surface area contributed by atoms with Gasteiger partial charge in [-0.3, -0.25) is 4.79 Å². The lowest BCUT2D eigenvalue weighted by Gasteiger charge is -2.12. The average Bonchev–Trinajstić information content (AvgIpc) is 2.61. The molecule has 3 nitrogen and oxygen atoms in total. The first-order valence-corrected chi connectivity index (χ1v) is 8.18. The first kappa shape index (κ1) is 16.2. The van der Waals surface area contributed by atoms with Crippen molar-refractivity contribution < 1.29 is 9.53 Å². The summed E-state index contributed by atoms with van der Waals surface area (Å²) in [6.45, 7) is 2.13. The molecule has 0 aliphatic rings. The van der Waals surface area contributed by atoms with Gasteiger partial charge in [0.1, 0.15) is 6.04 Å². The standard InChI is InChI=1S/C21H21NO2/c1-2-24-21(23)20(22)14-15-7-5-10-17(13-15)19-12-6-9-16-8-3-4-11-18(16)19/h3-13,20H,2,14,22H2,1H3. The Morgan fingerprint density at radius 3 is 2.62 bits per heavy atom. The molecule has 0 saturated carbocycles. The molecule has 1 atom stereocenters. The highest BCUT2D eigenvalue weighted by Gasteiger charge is 2.15. The van der Waals surface area contributed by atoms with Crippen LogP contribution in [0, 0.1) is 0 Å². The Morgan fingerprint density at radius 1 is 1.04 bits per heavy atom. The SMILES string of the molecule is CCOC(=O)C(N)Cc1cccc(-c2cccc3ccccc23)c1. The number of hydrogen-bond acceptors (Lipinski definition) is 3. The Hall–Kier alpha value is -2.65. The van der Waals surface area contributed by atoms with Gasteiger partial charge in [-0.05, 0) is 40.8 Å². The number of ether oxygens (including phenoxy) is 1. The minimum atomic E-state index is -0.632. The largest absolute Gasteiger partial charge is 0.465 e. The first-order valence-electron chi connectivity index (χ1n) is 8.18. The van der Waals surface area contributed by atoms with Gasteiger partial charge in [0.25, 0.3) is 0 Å². The van der Waals surface area contributed by atoms with Crippen molar-refractivity contribution in [1.29, 1.82) is 0 Å². The van der Waals surface area contributed by atoms with Crippen LogP contribution in [0.25, 0.3) is 21.9 Å². The van der Waals surface area contributed by atoms with Crippen molar-refractivity contribution in [3.63, 3.8) is 0 Å². The maximum absolute atomic E-state index is 11.7. The molecule has 24 heavy (non-hydrogen) atoms. The van der Waals surface area contributed by atoms with Gasteiger partial charge in [0.2, 0.25) is 0 Å². The van der Waals surface area contributed by atoms with Crippen LogP contribution in [-0.2, 0) is 16.0 Å². The highest BCUT2D eigenvalue weighted by Crippen LogP contribution is 2.29. The van der Waals surface area contributed by atoms with Crippen molar-refractivity contribution in [2.75, 3.05) is 6.61 Å². The second-order valence-electron chi connectivity index (χ2n) is 5.79. The Balaban J connectivity index is 1.91. The summed E-state index contributed by atoms with van der Waals surface area (Å²) >= 11 is 0. The molecule has 3 aromatic carbocycles. The average molecular weight is 319 g/mol. The summed E-state index contributed by atoms with van der Waals surface area (Å²) in [6, 6.07) is 22.2. The smallest absolute Gasteiger partial charge is 0.323 e. The van der Waals surface area contributed by atoms with Crippen LogP contribution < -0.4 is 5.73 Å². The van der Waals surface area contributed by atoms with Gasteiger partial charge < -0.3 is 10.5 Å². The van der Waals surface area contributed by atoms with E-state index in [0.29, 0.717) is 13.0 Å². The van der Waals surface area contributed by atoms with Crippen LogP contribution in [0.5, 0.6) is 0 Å². The maximum atomic E-state index is 11.7. The number of hydrogen-bond donors (Lipinski definition) is 1. The minimum absolute atomic E-state index is 0.350. The molecule has 0 fully saturated rings.